The minimum atomic E-state index is -0.675. The SMILES string of the molecule is CC(C)c1nc2nccc(C(O)CN)c2[nH]1. The van der Waals surface area contributed by atoms with Gasteiger partial charge in [-0.3, -0.25) is 0 Å². The predicted molar refractivity (Wildman–Crippen MR) is 62.0 cm³/mol. The van der Waals surface area contributed by atoms with E-state index in [-0.39, 0.29) is 6.54 Å². The minimum absolute atomic E-state index is 0.190. The van der Waals surface area contributed by atoms with Gasteiger partial charge < -0.3 is 15.8 Å². The highest BCUT2D eigenvalue weighted by Gasteiger charge is 2.14. The van der Waals surface area contributed by atoms with Gasteiger partial charge in [0.15, 0.2) is 5.65 Å². The van der Waals surface area contributed by atoms with Crippen molar-refractivity contribution < 1.29 is 5.11 Å². The van der Waals surface area contributed by atoms with Crippen LogP contribution in [0.5, 0.6) is 0 Å². The van der Waals surface area contributed by atoms with Gasteiger partial charge in [0.1, 0.15) is 5.82 Å². The van der Waals surface area contributed by atoms with Crippen molar-refractivity contribution in [1.82, 2.24) is 15.0 Å². The summed E-state index contributed by atoms with van der Waals surface area (Å²) in [5.74, 6) is 1.18. The predicted octanol–water partition coefficient (Wildman–Crippen LogP) is 1.07. The number of fused-ring (bicyclic) bond motifs is 1. The number of nitrogens with one attached hydrogen (secondary N) is 1. The Morgan fingerprint density at radius 2 is 2.25 bits per heavy atom. The zero-order valence-corrected chi connectivity index (χ0v) is 9.44. The van der Waals surface area contributed by atoms with Crippen LogP contribution in [-0.2, 0) is 0 Å². The molecule has 0 aliphatic carbocycles. The van der Waals surface area contributed by atoms with Crippen molar-refractivity contribution in [3.63, 3.8) is 0 Å². The maximum Gasteiger partial charge on any atom is 0.178 e. The number of aliphatic hydroxyl groups excluding tert-OH is 1. The van der Waals surface area contributed by atoms with Gasteiger partial charge in [0.25, 0.3) is 0 Å². The van der Waals surface area contributed by atoms with E-state index < -0.39 is 6.10 Å². The van der Waals surface area contributed by atoms with E-state index in [0.29, 0.717) is 11.6 Å². The largest absolute Gasteiger partial charge is 0.387 e. The second-order valence-corrected chi connectivity index (χ2v) is 4.13. The fraction of sp³-hybridized carbons (Fsp3) is 0.455. The van der Waals surface area contributed by atoms with E-state index >= 15 is 0 Å². The van der Waals surface area contributed by atoms with Gasteiger partial charge in [0, 0.05) is 24.2 Å². The van der Waals surface area contributed by atoms with Gasteiger partial charge in [0.05, 0.1) is 11.6 Å². The lowest BCUT2D eigenvalue weighted by molar-refractivity contribution is 0.188. The molecule has 5 nitrogen and oxygen atoms in total. The number of aromatic amines is 1. The molecule has 86 valence electrons. The van der Waals surface area contributed by atoms with Crippen molar-refractivity contribution in [2.45, 2.75) is 25.9 Å². The zero-order chi connectivity index (χ0) is 11.7. The Labute approximate surface area is 93.7 Å². The van der Waals surface area contributed by atoms with Gasteiger partial charge >= 0.3 is 0 Å². The van der Waals surface area contributed by atoms with E-state index in [0.717, 1.165) is 16.9 Å². The minimum Gasteiger partial charge on any atom is -0.387 e. The normalized spacial score (nSPS) is 13.6. The molecule has 2 heterocycles. The van der Waals surface area contributed by atoms with Crippen LogP contribution >= 0.6 is 0 Å². The zero-order valence-electron chi connectivity index (χ0n) is 9.44. The molecule has 1 atom stereocenters. The van der Waals surface area contributed by atoms with Crippen molar-refractivity contribution in [2.75, 3.05) is 6.54 Å². The highest BCUT2D eigenvalue weighted by Crippen LogP contribution is 2.22. The fourth-order valence-corrected chi connectivity index (χ4v) is 1.63. The van der Waals surface area contributed by atoms with Crippen LogP contribution < -0.4 is 5.73 Å². The highest BCUT2D eigenvalue weighted by molar-refractivity contribution is 5.75. The van der Waals surface area contributed by atoms with Gasteiger partial charge in [-0.25, -0.2) is 9.97 Å². The second kappa shape index (κ2) is 4.19. The van der Waals surface area contributed by atoms with Gasteiger partial charge in [-0.05, 0) is 6.07 Å². The first kappa shape index (κ1) is 11.0. The van der Waals surface area contributed by atoms with Crippen LogP contribution in [0.2, 0.25) is 0 Å². The van der Waals surface area contributed by atoms with Crippen LogP contribution in [0.4, 0.5) is 0 Å². The second-order valence-electron chi connectivity index (χ2n) is 4.13. The van der Waals surface area contributed by atoms with E-state index in [2.05, 4.69) is 28.8 Å². The molecule has 0 fully saturated rings. The third kappa shape index (κ3) is 1.79. The number of nitrogens with zero attached hydrogens (tertiary/aromatic N) is 2. The van der Waals surface area contributed by atoms with E-state index in [1.165, 1.54) is 0 Å². The standard InChI is InChI=1S/C11H16N4O/c1-6(2)10-14-9-7(8(16)5-12)3-4-13-11(9)15-10/h3-4,6,8,16H,5,12H2,1-2H3,(H,13,14,15). The summed E-state index contributed by atoms with van der Waals surface area (Å²) in [5.41, 5.74) is 7.63. The summed E-state index contributed by atoms with van der Waals surface area (Å²) in [7, 11) is 0. The molecule has 2 aromatic heterocycles. The van der Waals surface area contributed by atoms with Crippen LogP contribution in [-0.4, -0.2) is 26.6 Å². The number of aliphatic hydroxyl groups is 1. The molecule has 5 heteroatoms. The van der Waals surface area contributed by atoms with Crippen LogP contribution in [0.15, 0.2) is 12.3 Å². The summed E-state index contributed by atoms with van der Waals surface area (Å²) < 4.78 is 0. The summed E-state index contributed by atoms with van der Waals surface area (Å²) in [6, 6.07) is 1.77. The number of imidazole rings is 1. The quantitative estimate of drug-likeness (QED) is 0.722. The molecule has 2 aromatic rings. The molecule has 0 aliphatic rings. The van der Waals surface area contributed by atoms with Crippen molar-refractivity contribution >= 4 is 11.2 Å². The maximum absolute atomic E-state index is 9.77. The van der Waals surface area contributed by atoms with E-state index in [1.54, 1.807) is 12.3 Å². The molecule has 2 rings (SSSR count). The Hall–Kier alpha value is -1.46. The molecule has 0 radical (unpaired) electrons. The summed E-state index contributed by atoms with van der Waals surface area (Å²) in [6.45, 7) is 4.29. The molecule has 0 spiro atoms. The average Bonchev–Trinajstić information content (AvgIpc) is 2.71. The first-order chi connectivity index (χ1) is 7.63. The molecule has 0 aromatic carbocycles. The number of aromatic nitrogens is 3. The molecule has 0 amide bonds. The molecular weight excluding hydrogens is 204 g/mol. The fourth-order valence-electron chi connectivity index (χ4n) is 1.63. The Kier molecular flexibility index (Phi) is 2.89. The highest BCUT2D eigenvalue weighted by atomic mass is 16.3. The third-order valence-electron chi connectivity index (χ3n) is 2.57. The first-order valence-electron chi connectivity index (χ1n) is 5.36. The summed E-state index contributed by atoms with van der Waals surface area (Å²) in [4.78, 5) is 11.7. The van der Waals surface area contributed by atoms with E-state index in [1.807, 2.05) is 0 Å². The number of nitrogens with two attached hydrogens (primary N) is 1. The number of hydrogen-bond acceptors (Lipinski definition) is 4. The lowest BCUT2D eigenvalue weighted by Gasteiger charge is -2.07. The van der Waals surface area contributed by atoms with Crippen molar-refractivity contribution in [2.24, 2.45) is 5.73 Å². The van der Waals surface area contributed by atoms with Crippen LogP contribution in [0.1, 0.15) is 37.3 Å². The Bertz CT molecular complexity index is 492. The molecule has 0 saturated carbocycles. The lowest BCUT2D eigenvalue weighted by Crippen LogP contribution is -2.12. The molecule has 1 unspecified atom stereocenters. The lowest BCUT2D eigenvalue weighted by atomic mass is 10.1. The van der Waals surface area contributed by atoms with E-state index in [9.17, 15) is 5.11 Å². The van der Waals surface area contributed by atoms with Gasteiger partial charge in [-0.2, -0.15) is 0 Å². The van der Waals surface area contributed by atoms with Crippen molar-refractivity contribution in [1.29, 1.82) is 0 Å². The summed E-state index contributed by atoms with van der Waals surface area (Å²) >= 11 is 0. The topological polar surface area (TPSA) is 87.8 Å². The third-order valence-corrected chi connectivity index (χ3v) is 2.57. The molecule has 0 bridgehead atoms. The molecule has 4 N–H and O–H groups in total. The van der Waals surface area contributed by atoms with Crippen LogP contribution in [0.25, 0.3) is 11.2 Å². The van der Waals surface area contributed by atoms with Crippen molar-refractivity contribution in [3.05, 3.63) is 23.7 Å². The van der Waals surface area contributed by atoms with Crippen LogP contribution in [0.3, 0.4) is 0 Å². The smallest absolute Gasteiger partial charge is 0.178 e. The monoisotopic (exact) mass is 220 g/mol. The summed E-state index contributed by atoms with van der Waals surface area (Å²) in [5, 5.41) is 9.77. The van der Waals surface area contributed by atoms with E-state index in [4.69, 9.17) is 5.73 Å². The Balaban J connectivity index is 2.58. The molecule has 16 heavy (non-hydrogen) atoms. The van der Waals surface area contributed by atoms with Crippen molar-refractivity contribution in [3.8, 4) is 0 Å². The number of rotatable bonds is 3. The van der Waals surface area contributed by atoms with Gasteiger partial charge in [0.2, 0.25) is 0 Å². The number of pyridine rings is 1. The average molecular weight is 220 g/mol. The Morgan fingerprint density at radius 3 is 2.88 bits per heavy atom. The Morgan fingerprint density at radius 1 is 1.50 bits per heavy atom. The maximum atomic E-state index is 9.77. The van der Waals surface area contributed by atoms with Gasteiger partial charge in [-0.1, -0.05) is 13.8 Å². The number of H-pyrrole nitrogens is 1. The van der Waals surface area contributed by atoms with Crippen LogP contribution in [0, 0.1) is 0 Å². The molecule has 0 aliphatic heterocycles. The molecule has 0 saturated heterocycles. The van der Waals surface area contributed by atoms with Gasteiger partial charge in [-0.15, -0.1) is 0 Å². The number of hydrogen-bond donors (Lipinski definition) is 3. The summed E-state index contributed by atoms with van der Waals surface area (Å²) in [6.07, 6.45) is 0.965. The molecular formula is C11H16N4O. The first-order valence-corrected chi connectivity index (χ1v) is 5.36.